The molecule has 0 aliphatic carbocycles. The van der Waals surface area contributed by atoms with Gasteiger partial charge in [0.1, 0.15) is 5.82 Å². The van der Waals surface area contributed by atoms with E-state index in [4.69, 9.17) is 0 Å². The van der Waals surface area contributed by atoms with Crippen LogP contribution in [0.1, 0.15) is 20.8 Å². The lowest BCUT2D eigenvalue weighted by molar-refractivity contribution is 0.509. The standard InChI is InChI=1S/C31H27FN6/c1-18(31(2,3)4)35-23-12-20(15-33-17-23)21-13-26-29(37-38-30(26)34-16-21)28-14-25-24(6-5-7-27(25)36-28)19-8-10-22(32)11-9-19/h5-17,35-36H,1H2,2-4H3,(H,34,37,38). The van der Waals surface area contributed by atoms with Gasteiger partial charge in [0, 0.05) is 50.9 Å². The van der Waals surface area contributed by atoms with Crippen molar-refractivity contribution in [1.29, 1.82) is 0 Å². The fraction of sp³-hybridized carbons (Fsp3) is 0.129. The number of aromatic amines is 2. The Morgan fingerprint density at radius 3 is 2.47 bits per heavy atom. The van der Waals surface area contributed by atoms with Crippen molar-refractivity contribution < 1.29 is 4.39 Å². The molecule has 0 saturated carbocycles. The van der Waals surface area contributed by atoms with Gasteiger partial charge in [-0.25, -0.2) is 9.37 Å². The molecule has 0 spiro atoms. The first kappa shape index (κ1) is 23.6. The maximum absolute atomic E-state index is 13.5. The number of hydrogen-bond acceptors (Lipinski definition) is 4. The second kappa shape index (κ2) is 8.95. The number of halogens is 1. The zero-order valence-corrected chi connectivity index (χ0v) is 21.4. The largest absolute Gasteiger partial charge is 0.358 e. The van der Waals surface area contributed by atoms with Crippen molar-refractivity contribution >= 4 is 27.6 Å². The summed E-state index contributed by atoms with van der Waals surface area (Å²) in [6, 6.07) is 18.8. The number of benzene rings is 2. The number of allylic oxidation sites excluding steroid dienone is 1. The highest BCUT2D eigenvalue weighted by atomic mass is 19.1. The highest BCUT2D eigenvalue weighted by Gasteiger charge is 2.17. The number of H-pyrrole nitrogens is 2. The quantitative estimate of drug-likeness (QED) is 0.223. The van der Waals surface area contributed by atoms with Crippen LogP contribution < -0.4 is 5.32 Å². The minimum atomic E-state index is -0.251. The number of fused-ring (bicyclic) bond motifs is 2. The van der Waals surface area contributed by atoms with Crippen LogP contribution in [0.4, 0.5) is 10.1 Å². The van der Waals surface area contributed by atoms with Crippen molar-refractivity contribution in [2.24, 2.45) is 5.41 Å². The number of nitrogens with one attached hydrogen (secondary N) is 3. The fourth-order valence-corrected chi connectivity index (χ4v) is 4.46. The van der Waals surface area contributed by atoms with Crippen molar-refractivity contribution in [3.63, 3.8) is 0 Å². The third kappa shape index (κ3) is 4.32. The van der Waals surface area contributed by atoms with Crippen LogP contribution >= 0.6 is 0 Å². The van der Waals surface area contributed by atoms with E-state index in [1.807, 2.05) is 36.7 Å². The second-order valence-electron chi connectivity index (χ2n) is 10.5. The van der Waals surface area contributed by atoms with Gasteiger partial charge in [-0.05, 0) is 47.5 Å². The van der Waals surface area contributed by atoms with Gasteiger partial charge in [0.2, 0.25) is 0 Å². The van der Waals surface area contributed by atoms with Gasteiger partial charge < -0.3 is 10.3 Å². The lowest BCUT2D eigenvalue weighted by atomic mass is 9.93. The van der Waals surface area contributed by atoms with Crippen LogP contribution in [0.25, 0.3) is 55.6 Å². The molecule has 2 aromatic carbocycles. The Morgan fingerprint density at radius 2 is 1.68 bits per heavy atom. The third-order valence-corrected chi connectivity index (χ3v) is 6.77. The first-order valence-corrected chi connectivity index (χ1v) is 12.4. The van der Waals surface area contributed by atoms with E-state index in [1.165, 1.54) is 12.1 Å². The van der Waals surface area contributed by atoms with E-state index in [0.29, 0.717) is 5.65 Å². The SMILES string of the molecule is C=C(Nc1cncc(-c2cnc3n[nH]c(-c4cc5c(-c6ccc(F)cc6)cccc5[nH]4)c3c2)c1)C(C)(C)C. The number of anilines is 1. The normalized spacial score (nSPS) is 11.8. The number of nitrogens with zero attached hydrogens (tertiary/aromatic N) is 3. The summed E-state index contributed by atoms with van der Waals surface area (Å²) in [4.78, 5) is 12.5. The highest BCUT2D eigenvalue weighted by molar-refractivity contribution is 6.01. The van der Waals surface area contributed by atoms with Crippen LogP contribution in [-0.4, -0.2) is 25.1 Å². The van der Waals surface area contributed by atoms with E-state index < -0.39 is 0 Å². The molecule has 3 N–H and O–H groups in total. The lowest BCUT2D eigenvalue weighted by Gasteiger charge is -2.23. The summed E-state index contributed by atoms with van der Waals surface area (Å²) in [6.07, 6.45) is 5.43. The average Bonchev–Trinajstić information content (AvgIpc) is 3.52. The fourth-order valence-electron chi connectivity index (χ4n) is 4.46. The topological polar surface area (TPSA) is 82.3 Å². The summed E-state index contributed by atoms with van der Waals surface area (Å²) >= 11 is 0. The van der Waals surface area contributed by atoms with E-state index in [1.54, 1.807) is 18.3 Å². The summed E-state index contributed by atoms with van der Waals surface area (Å²) < 4.78 is 13.5. The first-order valence-electron chi connectivity index (χ1n) is 12.4. The van der Waals surface area contributed by atoms with Crippen molar-refractivity contribution in [2.45, 2.75) is 20.8 Å². The monoisotopic (exact) mass is 502 g/mol. The molecule has 0 amide bonds. The Balaban J connectivity index is 1.39. The summed E-state index contributed by atoms with van der Waals surface area (Å²) in [6.45, 7) is 10.5. The van der Waals surface area contributed by atoms with Crippen LogP contribution in [0.15, 0.2) is 91.5 Å². The molecule has 6 aromatic rings. The molecule has 0 atom stereocenters. The molecule has 6 rings (SSSR count). The molecule has 0 radical (unpaired) electrons. The van der Waals surface area contributed by atoms with Crippen LogP contribution in [0.2, 0.25) is 0 Å². The third-order valence-electron chi connectivity index (χ3n) is 6.77. The number of hydrogen-bond donors (Lipinski definition) is 3. The average molecular weight is 503 g/mol. The van der Waals surface area contributed by atoms with Crippen molar-refractivity contribution in [2.75, 3.05) is 5.32 Å². The van der Waals surface area contributed by atoms with Gasteiger partial charge in [0.15, 0.2) is 5.65 Å². The zero-order chi connectivity index (χ0) is 26.4. The number of aromatic nitrogens is 5. The summed E-state index contributed by atoms with van der Waals surface area (Å²) in [5.41, 5.74) is 8.92. The molecular weight excluding hydrogens is 475 g/mol. The molecule has 6 nitrogen and oxygen atoms in total. The van der Waals surface area contributed by atoms with Gasteiger partial charge in [0.25, 0.3) is 0 Å². The molecular formula is C31H27FN6. The van der Waals surface area contributed by atoms with E-state index in [0.717, 1.165) is 61.3 Å². The maximum Gasteiger partial charge on any atom is 0.181 e. The lowest BCUT2D eigenvalue weighted by Crippen LogP contribution is -2.15. The van der Waals surface area contributed by atoms with E-state index in [2.05, 4.69) is 69.9 Å². The minimum absolute atomic E-state index is 0.0711. The van der Waals surface area contributed by atoms with Gasteiger partial charge in [0.05, 0.1) is 23.3 Å². The molecule has 0 saturated heterocycles. The van der Waals surface area contributed by atoms with Crippen molar-refractivity contribution in [1.82, 2.24) is 25.1 Å². The molecule has 0 fully saturated rings. The number of rotatable bonds is 5. The van der Waals surface area contributed by atoms with Crippen molar-refractivity contribution in [3.8, 4) is 33.6 Å². The van der Waals surface area contributed by atoms with Gasteiger partial charge in [-0.2, -0.15) is 5.10 Å². The molecule has 4 aromatic heterocycles. The van der Waals surface area contributed by atoms with E-state index >= 15 is 0 Å². The van der Waals surface area contributed by atoms with Crippen LogP contribution in [0.3, 0.4) is 0 Å². The van der Waals surface area contributed by atoms with Gasteiger partial charge in [-0.3, -0.25) is 10.1 Å². The molecule has 4 heterocycles. The van der Waals surface area contributed by atoms with Crippen LogP contribution in [0, 0.1) is 11.2 Å². The highest BCUT2D eigenvalue weighted by Crippen LogP contribution is 2.35. The Bertz CT molecular complexity index is 1800. The van der Waals surface area contributed by atoms with Gasteiger partial charge in [-0.1, -0.05) is 51.6 Å². The molecule has 38 heavy (non-hydrogen) atoms. The molecule has 0 bridgehead atoms. The number of pyridine rings is 2. The zero-order valence-electron chi connectivity index (χ0n) is 21.4. The molecule has 0 aliphatic heterocycles. The minimum Gasteiger partial charge on any atom is -0.358 e. The van der Waals surface area contributed by atoms with Crippen LogP contribution in [-0.2, 0) is 0 Å². The Morgan fingerprint density at radius 1 is 0.895 bits per heavy atom. The summed E-state index contributed by atoms with van der Waals surface area (Å²) in [5.74, 6) is -0.251. The second-order valence-corrected chi connectivity index (χ2v) is 10.5. The van der Waals surface area contributed by atoms with Crippen molar-refractivity contribution in [3.05, 3.63) is 97.3 Å². The Kier molecular flexibility index (Phi) is 5.56. The predicted molar refractivity (Wildman–Crippen MR) is 152 cm³/mol. The first-order chi connectivity index (χ1) is 18.3. The Hall–Kier alpha value is -4.78. The van der Waals surface area contributed by atoms with Gasteiger partial charge in [-0.15, -0.1) is 0 Å². The van der Waals surface area contributed by atoms with E-state index in [9.17, 15) is 4.39 Å². The predicted octanol–water partition coefficient (Wildman–Crippen LogP) is 7.95. The molecule has 0 aliphatic rings. The molecule has 7 heteroatoms. The summed E-state index contributed by atoms with van der Waals surface area (Å²) in [7, 11) is 0. The maximum atomic E-state index is 13.5. The smallest absolute Gasteiger partial charge is 0.181 e. The van der Waals surface area contributed by atoms with Crippen LogP contribution in [0.5, 0.6) is 0 Å². The molecule has 0 unspecified atom stereocenters. The van der Waals surface area contributed by atoms with E-state index in [-0.39, 0.29) is 11.2 Å². The molecule has 188 valence electrons. The Labute approximate surface area is 219 Å². The van der Waals surface area contributed by atoms with Gasteiger partial charge >= 0.3 is 0 Å². The summed E-state index contributed by atoms with van der Waals surface area (Å²) in [5, 5.41) is 12.9.